The molecule has 26 heavy (non-hydrogen) atoms. The van der Waals surface area contributed by atoms with Crippen LogP contribution in [0.2, 0.25) is 4.34 Å². The lowest BCUT2D eigenvalue weighted by atomic mass is 10.1. The summed E-state index contributed by atoms with van der Waals surface area (Å²) in [6.45, 7) is 3.22. The third-order valence-electron chi connectivity index (χ3n) is 4.06. The number of nitrogens with zero attached hydrogens (tertiary/aromatic N) is 1. The summed E-state index contributed by atoms with van der Waals surface area (Å²) in [6.07, 6.45) is 1.00. The molecular formula is C19H24ClNO4S. The number of hydrogen-bond acceptors (Lipinski definition) is 5. The molecule has 2 aromatic rings. The fraction of sp³-hybridized carbons (Fsp3) is 0.421. The Labute approximate surface area is 163 Å². The number of hydrogen-bond donors (Lipinski definition) is 0. The van der Waals surface area contributed by atoms with Crippen LogP contribution in [0, 0.1) is 0 Å². The molecular weight excluding hydrogens is 374 g/mol. The van der Waals surface area contributed by atoms with E-state index in [0.29, 0.717) is 43.2 Å². The van der Waals surface area contributed by atoms with Gasteiger partial charge in [0.1, 0.15) is 0 Å². The van der Waals surface area contributed by atoms with E-state index in [-0.39, 0.29) is 5.91 Å². The average Bonchev–Trinajstić information content (AvgIpc) is 3.07. The van der Waals surface area contributed by atoms with E-state index in [1.807, 2.05) is 36.1 Å². The van der Waals surface area contributed by atoms with Crippen LogP contribution in [-0.2, 0) is 17.8 Å². The summed E-state index contributed by atoms with van der Waals surface area (Å²) in [5, 5.41) is 0. The summed E-state index contributed by atoms with van der Waals surface area (Å²) >= 11 is 7.47. The second kappa shape index (κ2) is 9.69. The molecule has 1 aromatic carbocycles. The van der Waals surface area contributed by atoms with Crippen molar-refractivity contribution >= 4 is 28.8 Å². The zero-order chi connectivity index (χ0) is 19.1. The third kappa shape index (κ3) is 5.05. The third-order valence-corrected chi connectivity index (χ3v) is 5.28. The van der Waals surface area contributed by atoms with Crippen molar-refractivity contribution in [2.75, 3.05) is 27.9 Å². The van der Waals surface area contributed by atoms with Crippen molar-refractivity contribution in [1.82, 2.24) is 4.90 Å². The van der Waals surface area contributed by atoms with E-state index in [9.17, 15) is 4.79 Å². The zero-order valence-corrected chi connectivity index (χ0v) is 17.1. The highest BCUT2D eigenvalue weighted by atomic mass is 35.5. The Balaban J connectivity index is 2.05. The molecule has 0 aliphatic rings. The Morgan fingerprint density at radius 1 is 1.12 bits per heavy atom. The Morgan fingerprint density at radius 3 is 2.23 bits per heavy atom. The maximum atomic E-state index is 12.6. The molecule has 0 unspecified atom stereocenters. The van der Waals surface area contributed by atoms with Crippen molar-refractivity contribution in [3.63, 3.8) is 0 Å². The van der Waals surface area contributed by atoms with E-state index in [1.165, 1.54) is 11.3 Å². The van der Waals surface area contributed by atoms with Gasteiger partial charge < -0.3 is 19.1 Å². The molecule has 0 N–H and O–H groups in total. The average molecular weight is 398 g/mol. The van der Waals surface area contributed by atoms with Crippen molar-refractivity contribution < 1.29 is 19.0 Å². The predicted molar refractivity (Wildman–Crippen MR) is 105 cm³/mol. The number of ether oxygens (including phenoxy) is 3. The fourth-order valence-electron chi connectivity index (χ4n) is 2.69. The quantitative estimate of drug-likeness (QED) is 0.628. The van der Waals surface area contributed by atoms with Gasteiger partial charge in [0.15, 0.2) is 11.5 Å². The Morgan fingerprint density at radius 2 is 1.77 bits per heavy atom. The molecule has 0 spiro atoms. The van der Waals surface area contributed by atoms with Crippen molar-refractivity contribution in [2.24, 2.45) is 0 Å². The van der Waals surface area contributed by atoms with Crippen LogP contribution in [0.1, 0.15) is 23.8 Å². The molecule has 1 aromatic heterocycles. The second-order valence-corrected chi connectivity index (χ2v) is 7.45. The zero-order valence-electron chi connectivity index (χ0n) is 15.5. The molecule has 0 aliphatic heterocycles. The molecule has 0 saturated heterocycles. The van der Waals surface area contributed by atoms with Crippen LogP contribution >= 0.6 is 22.9 Å². The fourth-order valence-corrected chi connectivity index (χ4v) is 3.79. The van der Waals surface area contributed by atoms with Crippen LogP contribution in [0.15, 0.2) is 24.3 Å². The number of aryl methyl sites for hydroxylation is 1. The van der Waals surface area contributed by atoms with E-state index in [1.54, 1.807) is 21.3 Å². The molecule has 1 amide bonds. The van der Waals surface area contributed by atoms with Crippen LogP contribution in [-0.4, -0.2) is 38.7 Å². The summed E-state index contributed by atoms with van der Waals surface area (Å²) in [6, 6.07) is 7.58. The van der Waals surface area contributed by atoms with Crippen molar-refractivity contribution in [1.29, 1.82) is 0 Å². The molecule has 142 valence electrons. The van der Waals surface area contributed by atoms with Crippen LogP contribution in [0.3, 0.4) is 0 Å². The van der Waals surface area contributed by atoms with Gasteiger partial charge in [-0.1, -0.05) is 11.6 Å². The summed E-state index contributed by atoms with van der Waals surface area (Å²) in [4.78, 5) is 15.5. The van der Waals surface area contributed by atoms with Gasteiger partial charge in [-0.25, -0.2) is 0 Å². The first-order valence-corrected chi connectivity index (χ1v) is 9.52. The lowest BCUT2D eigenvalue weighted by Gasteiger charge is -2.20. The van der Waals surface area contributed by atoms with Gasteiger partial charge >= 0.3 is 0 Å². The SMILES string of the molecule is CCN(Cc1ccc(Cl)s1)C(=O)CCc1cc(OC)c(OC)c(OC)c1. The van der Waals surface area contributed by atoms with Crippen molar-refractivity contribution in [3.8, 4) is 17.2 Å². The topological polar surface area (TPSA) is 48.0 Å². The first kappa shape index (κ1) is 20.4. The highest BCUT2D eigenvalue weighted by molar-refractivity contribution is 7.16. The van der Waals surface area contributed by atoms with E-state index in [2.05, 4.69) is 0 Å². The summed E-state index contributed by atoms with van der Waals surface area (Å²) < 4.78 is 16.8. The van der Waals surface area contributed by atoms with Crippen LogP contribution in [0.5, 0.6) is 17.2 Å². The molecule has 7 heteroatoms. The number of amides is 1. The molecule has 0 aliphatic carbocycles. The van der Waals surface area contributed by atoms with Crippen molar-refractivity contribution in [3.05, 3.63) is 39.0 Å². The molecule has 0 fully saturated rings. The van der Waals surface area contributed by atoms with Gasteiger partial charge in [0.05, 0.1) is 32.2 Å². The van der Waals surface area contributed by atoms with Gasteiger partial charge in [-0.05, 0) is 43.2 Å². The van der Waals surface area contributed by atoms with Gasteiger partial charge in [-0.2, -0.15) is 0 Å². The first-order valence-electron chi connectivity index (χ1n) is 8.33. The molecule has 0 radical (unpaired) electrons. The molecule has 2 rings (SSSR count). The van der Waals surface area contributed by atoms with E-state index in [4.69, 9.17) is 25.8 Å². The number of carbonyl (C=O) groups is 1. The van der Waals surface area contributed by atoms with Gasteiger partial charge in [-0.15, -0.1) is 11.3 Å². The normalized spacial score (nSPS) is 10.5. The maximum absolute atomic E-state index is 12.6. The standard InChI is InChI=1S/C19H24ClNO4S/c1-5-21(12-14-7-8-17(20)26-14)18(22)9-6-13-10-15(23-2)19(25-4)16(11-13)24-3/h7-8,10-11H,5-6,9,12H2,1-4H3. The van der Waals surface area contributed by atoms with Gasteiger partial charge in [0.2, 0.25) is 11.7 Å². The van der Waals surface area contributed by atoms with Crippen molar-refractivity contribution in [2.45, 2.75) is 26.3 Å². The predicted octanol–water partition coefficient (Wildman–Crippen LogP) is 4.41. The van der Waals surface area contributed by atoms with Gasteiger partial charge in [0, 0.05) is 17.8 Å². The Bertz CT molecular complexity index is 722. The molecule has 0 atom stereocenters. The van der Waals surface area contributed by atoms with Crippen LogP contribution < -0.4 is 14.2 Å². The molecule has 0 bridgehead atoms. The molecule has 5 nitrogen and oxygen atoms in total. The highest BCUT2D eigenvalue weighted by Gasteiger charge is 2.16. The van der Waals surface area contributed by atoms with Crippen LogP contribution in [0.4, 0.5) is 0 Å². The minimum atomic E-state index is 0.103. The molecule has 0 saturated carbocycles. The highest BCUT2D eigenvalue weighted by Crippen LogP contribution is 2.38. The smallest absolute Gasteiger partial charge is 0.223 e. The van der Waals surface area contributed by atoms with E-state index >= 15 is 0 Å². The first-order chi connectivity index (χ1) is 12.5. The number of thiophene rings is 1. The minimum Gasteiger partial charge on any atom is -0.493 e. The van der Waals surface area contributed by atoms with Gasteiger partial charge in [-0.3, -0.25) is 4.79 Å². The van der Waals surface area contributed by atoms with E-state index < -0.39 is 0 Å². The lowest BCUT2D eigenvalue weighted by molar-refractivity contribution is -0.131. The lowest BCUT2D eigenvalue weighted by Crippen LogP contribution is -2.30. The summed E-state index contributed by atoms with van der Waals surface area (Å²) in [7, 11) is 4.73. The summed E-state index contributed by atoms with van der Waals surface area (Å²) in [5.74, 6) is 1.84. The number of rotatable bonds is 9. The monoisotopic (exact) mass is 397 g/mol. The van der Waals surface area contributed by atoms with Gasteiger partial charge in [0.25, 0.3) is 0 Å². The molecule has 1 heterocycles. The number of carbonyl (C=O) groups excluding carboxylic acids is 1. The largest absolute Gasteiger partial charge is 0.493 e. The van der Waals surface area contributed by atoms with Crippen LogP contribution in [0.25, 0.3) is 0 Å². The Hall–Kier alpha value is -1.92. The summed E-state index contributed by atoms with van der Waals surface area (Å²) in [5.41, 5.74) is 0.961. The second-order valence-electron chi connectivity index (χ2n) is 5.65. The van der Waals surface area contributed by atoms with E-state index in [0.717, 1.165) is 14.8 Å². The minimum absolute atomic E-state index is 0.103. The maximum Gasteiger partial charge on any atom is 0.223 e. The number of benzene rings is 1. The Kier molecular flexibility index (Phi) is 7.60. The number of methoxy groups -OCH3 is 3. The number of halogens is 1.